The Balaban J connectivity index is 1.84. The molecule has 0 saturated carbocycles. The fourth-order valence-electron chi connectivity index (χ4n) is 3.53. The number of amides is 1. The lowest BCUT2D eigenvalue weighted by Gasteiger charge is -2.32. The quantitative estimate of drug-likeness (QED) is 0.887. The number of fused-ring (bicyclic) bond motifs is 1. The molecule has 1 fully saturated rings. The number of hydrogen-bond donors (Lipinski definition) is 1. The number of sulfonamides is 1. The smallest absolute Gasteiger partial charge is 0.243 e. The van der Waals surface area contributed by atoms with Gasteiger partial charge in [-0.15, -0.1) is 11.3 Å². The van der Waals surface area contributed by atoms with Gasteiger partial charge in [0, 0.05) is 11.4 Å². The van der Waals surface area contributed by atoms with E-state index >= 15 is 0 Å². The van der Waals surface area contributed by atoms with Crippen molar-refractivity contribution < 1.29 is 13.2 Å². The van der Waals surface area contributed by atoms with Crippen molar-refractivity contribution in [3.63, 3.8) is 0 Å². The molecule has 8 heteroatoms. The first kappa shape index (κ1) is 17.4. The van der Waals surface area contributed by atoms with Crippen LogP contribution in [-0.4, -0.2) is 37.5 Å². The first-order valence-electron chi connectivity index (χ1n) is 8.24. The summed E-state index contributed by atoms with van der Waals surface area (Å²) < 4.78 is 25.1. The van der Waals surface area contributed by atoms with Gasteiger partial charge in [0.1, 0.15) is 17.1 Å². The van der Waals surface area contributed by atoms with Crippen molar-refractivity contribution in [1.82, 2.24) is 4.31 Å². The molecule has 1 saturated heterocycles. The molecule has 0 spiro atoms. The summed E-state index contributed by atoms with van der Waals surface area (Å²) in [6.07, 6.45) is 7.26. The topological polar surface area (TPSA) is 90.3 Å². The second-order valence-electron chi connectivity index (χ2n) is 6.40. The molecule has 0 aromatic carbocycles. The summed E-state index contributed by atoms with van der Waals surface area (Å²) in [6, 6.07) is 1.54. The maximum absolute atomic E-state index is 12.7. The van der Waals surface area contributed by atoms with Gasteiger partial charge in [-0.2, -0.15) is 9.57 Å². The van der Waals surface area contributed by atoms with Gasteiger partial charge < -0.3 is 5.32 Å². The number of hydrogen-bond acceptors (Lipinski definition) is 5. The Labute approximate surface area is 146 Å². The van der Waals surface area contributed by atoms with Crippen molar-refractivity contribution in [3.05, 3.63) is 16.0 Å². The monoisotopic (exact) mass is 367 g/mol. The van der Waals surface area contributed by atoms with E-state index in [-0.39, 0.29) is 5.91 Å². The van der Waals surface area contributed by atoms with Crippen LogP contribution in [0.1, 0.15) is 48.1 Å². The van der Waals surface area contributed by atoms with Gasteiger partial charge in [0.25, 0.3) is 0 Å². The maximum Gasteiger partial charge on any atom is 0.243 e. The minimum Gasteiger partial charge on any atom is -0.315 e. The lowest BCUT2D eigenvalue weighted by atomic mass is 9.96. The van der Waals surface area contributed by atoms with Crippen LogP contribution in [0.5, 0.6) is 0 Å². The molecular weight excluding hydrogens is 346 g/mol. The van der Waals surface area contributed by atoms with E-state index in [0.717, 1.165) is 50.3 Å². The molecule has 6 nitrogen and oxygen atoms in total. The molecule has 1 amide bonds. The minimum atomic E-state index is -3.42. The van der Waals surface area contributed by atoms with Gasteiger partial charge >= 0.3 is 0 Å². The molecule has 2 aliphatic rings. The zero-order chi connectivity index (χ0) is 17.3. The Bertz CT molecular complexity index is 792. The predicted molar refractivity (Wildman–Crippen MR) is 93.5 cm³/mol. The number of nitrogens with zero attached hydrogens (tertiary/aromatic N) is 2. The maximum atomic E-state index is 12.7. The summed E-state index contributed by atoms with van der Waals surface area (Å²) in [4.78, 5) is 13.9. The number of carbonyl (C=O) groups is 1. The van der Waals surface area contributed by atoms with E-state index in [9.17, 15) is 18.5 Å². The Morgan fingerprint density at radius 2 is 2.04 bits per heavy atom. The van der Waals surface area contributed by atoms with Crippen molar-refractivity contribution in [3.8, 4) is 6.07 Å². The lowest BCUT2D eigenvalue weighted by molar-refractivity contribution is -0.120. The average Bonchev–Trinajstić information content (AvgIpc) is 2.91. The standard InChI is InChI=1S/C16H21N3O3S2/c1-24(21,22)19-9-5-4-7-13(19)15(20)18-16-12(10-17)11-6-2-3-8-14(11)23-16/h13H,2-9H2,1H3,(H,18,20). The molecule has 1 aliphatic heterocycles. The zero-order valence-electron chi connectivity index (χ0n) is 13.7. The van der Waals surface area contributed by atoms with Crippen molar-refractivity contribution in [1.29, 1.82) is 5.26 Å². The lowest BCUT2D eigenvalue weighted by Crippen LogP contribution is -2.49. The van der Waals surface area contributed by atoms with E-state index < -0.39 is 16.1 Å². The summed E-state index contributed by atoms with van der Waals surface area (Å²) in [5.41, 5.74) is 1.62. The summed E-state index contributed by atoms with van der Waals surface area (Å²) in [5.74, 6) is -0.324. The van der Waals surface area contributed by atoms with Crippen molar-refractivity contribution in [2.75, 3.05) is 18.1 Å². The minimum absolute atomic E-state index is 0.324. The number of nitriles is 1. The van der Waals surface area contributed by atoms with E-state index in [1.54, 1.807) is 0 Å². The molecule has 24 heavy (non-hydrogen) atoms. The third kappa shape index (κ3) is 3.34. The number of rotatable bonds is 3. The van der Waals surface area contributed by atoms with E-state index in [1.165, 1.54) is 20.5 Å². The third-order valence-electron chi connectivity index (χ3n) is 4.70. The highest BCUT2D eigenvalue weighted by molar-refractivity contribution is 7.88. The Hall–Kier alpha value is -1.43. The normalized spacial score (nSPS) is 21.8. The fourth-order valence-corrected chi connectivity index (χ4v) is 5.90. The first-order chi connectivity index (χ1) is 11.4. The van der Waals surface area contributed by atoms with Crippen molar-refractivity contribution in [2.24, 2.45) is 0 Å². The van der Waals surface area contributed by atoms with E-state index in [2.05, 4.69) is 11.4 Å². The van der Waals surface area contributed by atoms with Crippen LogP contribution in [0.4, 0.5) is 5.00 Å². The van der Waals surface area contributed by atoms with E-state index in [4.69, 9.17) is 0 Å². The highest BCUT2D eigenvalue weighted by atomic mass is 32.2. The summed E-state index contributed by atoms with van der Waals surface area (Å²) >= 11 is 1.47. The summed E-state index contributed by atoms with van der Waals surface area (Å²) in [6.45, 7) is 0.378. The summed E-state index contributed by atoms with van der Waals surface area (Å²) in [7, 11) is -3.42. The van der Waals surface area contributed by atoms with E-state index in [1.807, 2.05) is 0 Å². The van der Waals surface area contributed by atoms with Crippen LogP contribution in [-0.2, 0) is 27.7 Å². The highest BCUT2D eigenvalue weighted by Crippen LogP contribution is 2.38. The third-order valence-corrected chi connectivity index (χ3v) is 7.20. The average molecular weight is 367 g/mol. The van der Waals surface area contributed by atoms with Crippen LogP contribution in [0.15, 0.2) is 0 Å². The molecule has 1 N–H and O–H groups in total. The van der Waals surface area contributed by atoms with Gasteiger partial charge in [-0.05, 0) is 44.1 Å². The largest absolute Gasteiger partial charge is 0.315 e. The molecule has 1 aromatic heterocycles. The van der Waals surface area contributed by atoms with Crippen LogP contribution in [0, 0.1) is 11.3 Å². The molecule has 0 radical (unpaired) electrons. The van der Waals surface area contributed by atoms with Gasteiger partial charge in [0.15, 0.2) is 0 Å². The van der Waals surface area contributed by atoms with Crippen LogP contribution in [0.2, 0.25) is 0 Å². The number of nitrogens with one attached hydrogen (secondary N) is 1. The number of anilines is 1. The Kier molecular flexibility index (Phi) is 4.95. The van der Waals surface area contributed by atoms with Crippen LogP contribution in [0.25, 0.3) is 0 Å². The predicted octanol–water partition coefficient (Wildman–Crippen LogP) is 2.25. The molecule has 130 valence electrons. The Morgan fingerprint density at radius 3 is 2.75 bits per heavy atom. The molecule has 3 rings (SSSR count). The number of aryl methyl sites for hydroxylation is 1. The molecule has 1 unspecified atom stereocenters. The van der Waals surface area contributed by atoms with Crippen LogP contribution in [0.3, 0.4) is 0 Å². The van der Waals surface area contributed by atoms with Gasteiger partial charge in [-0.1, -0.05) is 6.42 Å². The second-order valence-corrected chi connectivity index (χ2v) is 9.44. The van der Waals surface area contributed by atoms with Gasteiger partial charge in [0.2, 0.25) is 15.9 Å². The van der Waals surface area contributed by atoms with Crippen LogP contribution < -0.4 is 5.32 Å². The SMILES string of the molecule is CS(=O)(=O)N1CCCCC1C(=O)Nc1sc2c(c1C#N)CCCC2. The molecule has 0 bridgehead atoms. The molecular formula is C16H21N3O3S2. The summed E-state index contributed by atoms with van der Waals surface area (Å²) in [5, 5.41) is 12.9. The van der Waals surface area contributed by atoms with Gasteiger partial charge in [-0.25, -0.2) is 8.42 Å². The molecule has 1 atom stereocenters. The number of thiophene rings is 1. The van der Waals surface area contributed by atoms with Gasteiger partial charge in [0.05, 0.1) is 11.8 Å². The van der Waals surface area contributed by atoms with Crippen LogP contribution >= 0.6 is 11.3 Å². The molecule has 1 aromatic rings. The highest BCUT2D eigenvalue weighted by Gasteiger charge is 2.35. The fraction of sp³-hybridized carbons (Fsp3) is 0.625. The number of piperidine rings is 1. The first-order valence-corrected chi connectivity index (χ1v) is 10.9. The zero-order valence-corrected chi connectivity index (χ0v) is 15.3. The van der Waals surface area contributed by atoms with Crippen molar-refractivity contribution in [2.45, 2.75) is 51.0 Å². The number of carbonyl (C=O) groups excluding carboxylic acids is 1. The second kappa shape index (κ2) is 6.82. The Morgan fingerprint density at radius 1 is 1.29 bits per heavy atom. The molecule has 2 heterocycles. The molecule has 1 aliphatic carbocycles. The van der Waals surface area contributed by atoms with Gasteiger partial charge in [-0.3, -0.25) is 4.79 Å². The van der Waals surface area contributed by atoms with E-state index in [0.29, 0.717) is 23.5 Å². The van der Waals surface area contributed by atoms with Crippen molar-refractivity contribution >= 4 is 32.3 Å².